The summed E-state index contributed by atoms with van der Waals surface area (Å²) in [7, 11) is 0. The first-order valence-corrected chi connectivity index (χ1v) is 9.10. The molecule has 5 heteroatoms. The summed E-state index contributed by atoms with van der Waals surface area (Å²) in [4.78, 5) is 17.1. The summed E-state index contributed by atoms with van der Waals surface area (Å²) in [5, 5.41) is 13.8. The van der Waals surface area contributed by atoms with Crippen molar-refractivity contribution >= 4 is 23.2 Å². The van der Waals surface area contributed by atoms with E-state index < -0.39 is 5.63 Å². The van der Waals surface area contributed by atoms with Gasteiger partial charge < -0.3 is 14.8 Å². The molecule has 5 nitrogen and oxygen atoms in total. The van der Waals surface area contributed by atoms with Gasteiger partial charge in [0.25, 0.3) is 0 Å². The number of fused-ring (bicyclic) bond motifs is 1. The largest absolute Gasteiger partial charge is 0.507 e. The van der Waals surface area contributed by atoms with Crippen LogP contribution in [0.2, 0.25) is 0 Å². The van der Waals surface area contributed by atoms with Crippen molar-refractivity contribution in [1.29, 1.82) is 0 Å². The number of anilines is 1. The number of hydrogen-bond donors (Lipinski definition) is 2. The molecule has 0 fully saturated rings. The second kappa shape index (κ2) is 7.56. The highest BCUT2D eigenvalue weighted by Crippen LogP contribution is 2.31. The van der Waals surface area contributed by atoms with Gasteiger partial charge in [0.2, 0.25) is 0 Å². The van der Waals surface area contributed by atoms with E-state index >= 15 is 0 Å². The van der Waals surface area contributed by atoms with Gasteiger partial charge in [0.05, 0.1) is 23.1 Å². The van der Waals surface area contributed by atoms with Gasteiger partial charge in [0.15, 0.2) is 0 Å². The molecule has 2 N–H and O–H groups in total. The second-order valence-electron chi connectivity index (χ2n) is 6.71. The molecule has 1 atom stereocenters. The normalized spacial score (nSPS) is 16.2. The Labute approximate surface area is 162 Å². The minimum atomic E-state index is -0.582. The molecule has 0 spiro atoms. The van der Waals surface area contributed by atoms with E-state index in [2.05, 4.69) is 10.3 Å². The molecule has 28 heavy (non-hydrogen) atoms. The Morgan fingerprint density at radius 1 is 1.14 bits per heavy atom. The molecule has 0 saturated heterocycles. The van der Waals surface area contributed by atoms with Crippen LogP contribution in [0.25, 0.3) is 6.08 Å². The molecule has 2 heterocycles. The number of hydrogen-bond acceptors (Lipinski definition) is 5. The zero-order valence-electron chi connectivity index (χ0n) is 15.4. The van der Waals surface area contributed by atoms with Crippen LogP contribution in [0.3, 0.4) is 0 Å². The van der Waals surface area contributed by atoms with E-state index in [1.807, 2.05) is 66.7 Å². The van der Waals surface area contributed by atoms with Crippen molar-refractivity contribution in [2.24, 2.45) is 4.99 Å². The van der Waals surface area contributed by atoms with Gasteiger partial charge in [-0.25, -0.2) is 4.79 Å². The maximum Gasteiger partial charge on any atom is 0.348 e. The Balaban J connectivity index is 1.77. The summed E-state index contributed by atoms with van der Waals surface area (Å²) >= 11 is 0. The number of benzene rings is 2. The molecule has 1 unspecified atom stereocenters. The molecule has 0 amide bonds. The Morgan fingerprint density at radius 2 is 1.89 bits per heavy atom. The van der Waals surface area contributed by atoms with Gasteiger partial charge in [-0.2, -0.15) is 0 Å². The molecule has 1 aromatic heterocycles. The Hall–Kier alpha value is -3.60. The molecule has 4 rings (SSSR count). The fraction of sp³-hybridized carbons (Fsp3) is 0.130. The molecule has 0 radical (unpaired) electrons. The molecule has 1 aliphatic rings. The van der Waals surface area contributed by atoms with E-state index in [0.29, 0.717) is 23.6 Å². The van der Waals surface area contributed by atoms with Gasteiger partial charge >= 0.3 is 5.63 Å². The molecule has 3 aromatic rings. The van der Waals surface area contributed by atoms with Crippen molar-refractivity contribution in [1.82, 2.24) is 0 Å². The van der Waals surface area contributed by atoms with Crippen LogP contribution in [0.5, 0.6) is 5.75 Å². The predicted octanol–water partition coefficient (Wildman–Crippen LogP) is 4.67. The summed E-state index contributed by atoms with van der Waals surface area (Å²) in [5.41, 5.74) is 2.69. The molecular weight excluding hydrogens is 352 g/mol. The van der Waals surface area contributed by atoms with Crippen molar-refractivity contribution in [3.8, 4) is 5.75 Å². The van der Waals surface area contributed by atoms with Crippen molar-refractivity contribution in [2.45, 2.75) is 19.4 Å². The second-order valence-corrected chi connectivity index (χ2v) is 6.71. The summed E-state index contributed by atoms with van der Waals surface area (Å²) in [5.74, 6) is 0.247. The zero-order valence-corrected chi connectivity index (χ0v) is 15.4. The van der Waals surface area contributed by atoms with E-state index in [-0.39, 0.29) is 17.4 Å². The van der Waals surface area contributed by atoms with Crippen LogP contribution in [-0.2, 0) is 0 Å². The first-order valence-electron chi connectivity index (χ1n) is 9.10. The number of rotatable bonds is 3. The third kappa shape index (κ3) is 3.74. The number of para-hydroxylation sites is 2. The fourth-order valence-electron chi connectivity index (χ4n) is 3.27. The van der Waals surface area contributed by atoms with Crippen LogP contribution < -0.4 is 10.9 Å². The first kappa shape index (κ1) is 17.8. The van der Waals surface area contributed by atoms with E-state index in [9.17, 15) is 9.90 Å². The molecular formula is C23H20N2O3. The number of aliphatic imine (C=N–C) groups is 1. The van der Waals surface area contributed by atoms with Gasteiger partial charge in [-0.15, -0.1) is 0 Å². The van der Waals surface area contributed by atoms with Gasteiger partial charge in [0, 0.05) is 12.5 Å². The van der Waals surface area contributed by atoms with Crippen molar-refractivity contribution < 1.29 is 9.52 Å². The van der Waals surface area contributed by atoms with Crippen LogP contribution in [0.4, 0.5) is 11.4 Å². The van der Waals surface area contributed by atoms with E-state index in [1.165, 1.54) is 6.07 Å². The SMILES string of the molecule is Cc1cc(O)c(C2=Nc3ccccc3NC(/C=C/c3ccccc3)C2)c(=O)o1. The van der Waals surface area contributed by atoms with Crippen LogP contribution in [-0.4, -0.2) is 16.9 Å². The highest BCUT2D eigenvalue weighted by molar-refractivity contribution is 6.05. The molecule has 0 aliphatic carbocycles. The molecule has 1 aliphatic heterocycles. The van der Waals surface area contributed by atoms with E-state index in [0.717, 1.165) is 11.3 Å². The van der Waals surface area contributed by atoms with Crippen LogP contribution in [0.15, 0.2) is 80.9 Å². The monoisotopic (exact) mass is 372 g/mol. The van der Waals surface area contributed by atoms with Gasteiger partial charge in [-0.1, -0.05) is 54.6 Å². The molecule has 2 aromatic carbocycles. The lowest BCUT2D eigenvalue weighted by atomic mass is 10.0. The summed E-state index contributed by atoms with van der Waals surface area (Å²) in [6, 6.07) is 19.0. The lowest BCUT2D eigenvalue weighted by Gasteiger charge is -2.15. The smallest absolute Gasteiger partial charge is 0.348 e. The highest BCUT2D eigenvalue weighted by atomic mass is 16.4. The minimum Gasteiger partial charge on any atom is -0.507 e. The third-order valence-electron chi connectivity index (χ3n) is 4.58. The summed E-state index contributed by atoms with van der Waals surface area (Å²) in [6.07, 6.45) is 4.50. The molecule has 0 saturated carbocycles. The average molecular weight is 372 g/mol. The quantitative estimate of drug-likeness (QED) is 0.700. The third-order valence-corrected chi connectivity index (χ3v) is 4.58. The Morgan fingerprint density at radius 3 is 2.68 bits per heavy atom. The fourth-order valence-corrected chi connectivity index (χ4v) is 3.27. The molecule has 140 valence electrons. The van der Waals surface area contributed by atoms with Crippen LogP contribution in [0.1, 0.15) is 23.3 Å². The topological polar surface area (TPSA) is 74.8 Å². The maximum absolute atomic E-state index is 12.4. The number of aromatic hydroxyl groups is 1. The van der Waals surface area contributed by atoms with Gasteiger partial charge in [-0.3, -0.25) is 4.99 Å². The standard InChI is InChI=1S/C23H20N2O3/c1-15-13-21(26)22(23(27)28-15)20-14-17(12-11-16-7-3-2-4-8-16)24-18-9-5-6-10-19(18)25-20/h2-13,17,24,26H,14H2,1H3/b12-11+. The Kier molecular flexibility index (Phi) is 4.81. The highest BCUT2D eigenvalue weighted by Gasteiger charge is 2.23. The average Bonchev–Trinajstić information content (AvgIpc) is 2.85. The van der Waals surface area contributed by atoms with E-state index in [1.54, 1.807) is 6.92 Å². The lowest BCUT2D eigenvalue weighted by molar-refractivity contribution is 0.432. The Bertz CT molecular complexity index is 1110. The van der Waals surface area contributed by atoms with Crippen molar-refractivity contribution in [3.05, 3.63) is 94.0 Å². The first-order chi connectivity index (χ1) is 13.6. The van der Waals surface area contributed by atoms with Gasteiger partial charge in [0.1, 0.15) is 17.1 Å². The molecule has 0 bridgehead atoms. The van der Waals surface area contributed by atoms with Gasteiger partial charge in [-0.05, 0) is 24.6 Å². The minimum absolute atomic E-state index is 0.109. The summed E-state index contributed by atoms with van der Waals surface area (Å²) < 4.78 is 5.20. The maximum atomic E-state index is 12.4. The predicted molar refractivity (Wildman–Crippen MR) is 112 cm³/mol. The zero-order chi connectivity index (χ0) is 19.5. The van der Waals surface area contributed by atoms with E-state index in [4.69, 9.17) is 4.42 Å². The van der Waals surface area contributed by atoms with Crippen LogP contribution in [0, 0.1) is 6.92 Å². The number of nitrogens with one attached hydrogen (secondary N) is 1. The van der Waals surface area contributed by atoms with Crippen molar-refractivity contribution in [2.75, 3.05) is 5.32 Å². The lowest BCUT2D eigenvalue weighted by Crippen LogP contribution is -2.23. The van der Waals surface area contributed by atoms with Crippen molar-refractivity contribution in [3.63, 3.8) is 0 Å². The van der Waals surface area contributed by atoms with Crippen LogP contribution >= 0.6 is 0 Å². The summed E-state index contributed by atoms with van der Waals surface area (Å²) in [6.45, 7) is 1.63. The number of aryl methyl sites for hydroxylation is 1. The number of nitrogens with zero attached hydrogens (tertiary/aromatic N) is 1.